The number of hydrogen-bond donors (Lipinski definition) is 2. The van der Waals surface area contributed by atoms with Crippen LogP contribution in [0.3, 0.4) is 0 Å². The Morgan fingerprint density at radius 2 is 1.81 bits per heavy atom. The molecular formula is C25H22Cl2N4O5. The number of carbonyl (C=O) groups excluding carboxylic acids is 2. The van der Waals surface area contributed by atoms with E-state index in [1.165, 1.54) is 37.4 Å². The van der Waals surface area contributed by atoms with E-state index in [4.69, 9.17) is 27.9 Å². The van der Waals surface area contributed by atoms with Gasteiger partial charge in [-0.2, -0.15) is 5.10 Å². The number of hydrogen-bond acceptors (Lipinski definition) is 6. The number of halogens is 2. The number of benzene rings is 3. The summed E-state index contributed by atoms with van der Waals surface area (Å²) in [6.45, 7) is 1.53. The maximum atomic E-state index is 12.9. The van der Waals surface area contributed by atoms with E-state index in [0.29, 0.717) is 10.6 Å². The van der Waals surface area contributed by atoms with E-state index in [2.05, 4.69) is 15.8 Å². The highest BCUT2D eigenvalue weighted by Gasteiger charge is 2.25. The molecule has 2 amide bonds. The maximum absolute atomic E-state index is 12.9. The first-order valence-corrected chi connectivity index (χ1v) is 11.5. The molecule has 0 heterocycles. The predicted octanol–water partition coefficient (Wildman–Crippen LogP) is 4.55. The van der Waals surface area contributed by atoms with Gasteiger partial charge in [-0.3, -0.25) is 19.7 Å². The van der Waals surface area contributed by atoms with Crippen molar-refractivity contribution in [3.63, 3.8) is 0 Å². The molecule has 0 aliphatic carbocycles. The van der Waals surface area contributed by atoms with Gasteiger partial charge in [-0.05, 0) is 30.7 Å². The molecule has 3 aromatic rings. The monoisotopic (exact) mass is 528 g/mol. The molecule has 36 heavy (non-hydrogen) atoms. The Labute approximate surface area is 217 Å². The van der Waals surface area contributed by atoms with Gasteiger partial charge in [-0.15, -0.1) is 0 Å². The zero-order valence-electron chi connectivity index (χ0n) is 19.1. The van der Waals surface area contributed by atoms with Crippen LogP contribution in [-0.2, 0) is 16.0 Å². The summed E-state index contributed by atoms with van der Waals surface area (Å²) in [5.41, 5.74) is 3.52. The van der Waals surface area contributed by atoms with E-state index in [0.717, 1.165) is 5.56 Å². The van der Waals surface area contributed by atoms with Crippen molar-refractivity contribution in [2.45, 2.75) is 25.5 Å². The molecule has 3 aromatic carbocycles. The van der Waals surface area contributed by atoms with Gasteiger partial charge in [0, 0.05) is 29.1 Å². The fraction of sp³-hybridized carbons (Fsp3) is 0.160. The highest BCUT2D eigenvalue weighted by atomic mass is 35.5. The number of amides is 2. The standard InChI is InChI=1S/C25H22Cl2N4O5/c1-16(36-23-11-10-19(26)14-21(23)27)24(32)29-22(13-17-6-3-2-4-7-17)25(33)30-28-15-18-8-5-9-20(12-18)31(34)35/h2-12,14-16,22H,13H2,1H3,(H,29,32)(H,30,33)/b28-15-/t16-,22+/m0/s1. The number of ether oxygens (including phenoxy) is 1. The molecule has 0 radical (unpaired) electrons. The number of nitrogens with zero attached hydrogens (tertiary/aromatic N) is 2. The quantitative estimate of drug-likeness (QED) is 0.227. The first kappa shape index (κ1) is 26.7. The minimum absolute atomic E-state index is 0.103. The second-order valence-electron chi connectivity index (χ2n) is 7.67. The van der Waals surface area contributed by atoms with Crippen LogP contribution in [0.2, 0.25) is 10.0 Å². The summed E-state index contributed by atoms with van der Waals surface area (Å²) >= 11 is 12.0. The molecular weight excluding hydrogens is 507 g/mol. The zero-order chi connectivity index (χ0) is 26.1. The maximum Gasteiger partial charge on any atom is 0.270 e. The van der Waals surface area contributed by atoms with E-state index < -0.39 is 28.9 Å². The third kappa shape index (κ3) is 7.79. The van der Waals surface area contributed by atoms with Crippen molar-refractivity contribution < 1.29 is 19.2 Å². The zero-order valence-corrected chi connectivity index (χ0v) is 20.6. The fourth-order valence-corrected chi connectivity index (χ4v) is 3.58. The average Bonchev–Trinajstić information content (AvgIpc) is 2.86. The molecule has 2 atom stereocenters. The van der Waals surface area contributed by atoms with Crippen molar-refractivity contribution in [2.75, 3.05) is 0 Å². The molecule has 0 aliphatic rings. The fourth-order valence-electron chi connectivity index (χ4n) is 3.13. The molecule has 0 aromatic heterocycles. The molecule has 9 nitrogen and oxygen atoms in total. The molecule has 186 valence electrons. The van der Waals surface area contributed by atoms with Crippen LogP contribution < -0.4 is 15.5 Å². The van der Waals surface area contributed by atoms with Crippen LogP contribution in [0.15, 0.2) is 77.9 Å². The van der Waals surface area contributed by atoms with E-state index in [1.54, 1.807) is 18.2 Å². The Bertz CT molecular complexity index is 1270. The summed E-state index contributed by atoms with van der Waals surface area (Å²) in [5.74, 6) is -0.847. The molecule has 0 fully saturated rings. The highest BCUT2D eigenvalue weighted by Crippen LogP contribution is 2.28. The highest BCUT2D eigenvalue weighted by molar-refractivity contribution is 6.35. The number of nitro groups is 1. The molecule has 11 heteroatoms. The van der Waals surface area contributed by atoms with Gasteiger partial charge in [0.15, 0.2) is 6.10 Å². The summed E-state index contributed by atoms with van der Waals surface area (Å²) < 4.78 is 5.64. The van der Waals surface area contributed by atoms with Crippen LogP contribution in [0.4, 0.5) is 5.69 Å². The SMILES string of the molecule is C[C@H](Oc1ccc(Cl)cc1Cl)C(=O)N[C@H](Cc1ccccc1)C(=O)N/N=C\c1cccc([N+](=O)[O-])c1. The predicted molar refractivity (Wildman–Crippen MR) is 137 cm³/mol. The lowest BCUT2D eigenvalue weighted by atomic mass is 10.1. The number of nitro benzene ring substituents is 1. The summed E-state index contributed by atoms with van der Waals surface area (Å²) in [7, 11) is 0. The number of carbonyl (C=O) groups is 2. The van der Waals surface area contributed by atoms with Crippen molar-refractivity contribution in [1.29, 1.82) is 0 Å². The Hall–Kier alpha value is -3.95. The van der Waals surface area contributed by atoms with Crippen LogP contribution in [0.1, 0.15) is 18.1 Å². The van der Waals surface area contributed by atoms with Crippen molar-refractivity contribution >= 4 is 46.9 Å². The molecule has 3 rings (SSSR count). The Balaban J connectivity index is 1.69. The van der Waals surface area contributed by atoms with Crippen molar-refractivity contribution in [2.24, 2.45) is 5.10 Å². The summed E-state index contributed by atoms with van der Waals surface area (Å²) in [6.07, 6.45) is 0.503. The first-order chi connectivity index (χ1) is 17.2. The van der Waals surface area contributed by atoms with Crippen LogP contribution in [0, 0.1) is 10.1 Å². The van der Waals surface area contributed by atoms with Crippen LogP contribution in [-0.4, -0.2) is 35.1 Å². The van der Waals surface area contributed by atoms with E-state index >= 15 is 0 Å². The van der Waals surface area contributed by atoms with Gasteiger partial charge in [0.1, 0.15) is 11.8 Å². The van der Waals surface area contributed by atoms with Gasteiger partial charge in [0.25, 0.3) is 17.5 Å². The van der Waals surface area contributed by atoms with Crippen LogP contribution >= 0.6 is 23.2 Å². The van der Waals surface area contributed by atoms with Crippen molar-refractivity contribution in [1.82, 2.24) is 10.7 Å². The third-order valence-electron chi connectivity index (χ3n) is 4.95. The minimum Gasteiger partial charge on any atom is -0.479 e. The van der Waals surface area contributed by atoms with Crippen molar-refractivity contribution in [3.8, 4) is 5.75 Å². The normalized spacial score (nSPS) is 12.5. The summed E-state index contributed by atoms with van der Waals surface area (Å²) in [4.78, 5) is 36.1. The van der Waals surface area contributed by atoms with Gasteiger partial charge < -0.3 is 10.1 Å². The van der Waals surface area contributed by atoms with Crippen LogP contribution in [0.25, 0.3) is 0 Å². The topological polar surface area (TPSA) is 123 Å². The number of nitrogens with one attached hydrogen (secondary N) is 2. The molecule has 0 spiro atoms. The average molecular weight is 529 g/mol. The Morgan fingerprint density at radius 3 is 2.50 bits per heavy atom. The smallest absolute Gasteiger partial charge is 0.270 e. The van der Waals surface area contributed by atoms with Gasteiger partial charge in [0.2, 0.25) is 0 Å². The molecule has 0 saturated carbocycles. The Kier molecular flexibility index (Phi) is 9.38. The largest absolute Gasteiger partial charge is 0.479 e. The number of non-ortho nitro benzene ring substituents is 1. The lowest BCUT2D eigenvalue weighted by Crippen LogP contribution is -2.50. The number of rotatable bonds is 10. The van der Waals surface area contributed by atoms with E-state index in [9.17, 15) is 19.7 Å². The van der Waals surface area contributed by atoms with Gasteiger partial charge in [0.05, 0.1) is 16.2 Å². The number of hydrazone groups is 1. The molecule has 0 saturated heterocycles. The lowest BCUT2D eigenvalue weighted by Gasteiger charge is -2.21. The van der Waals surface area contributed by atoms with E-state index in [-0.39, 0.29) is 22.9 Å². The second kappa shape index (κ2) is 12.7. The molecule has 0 bridgehead atoms. The van der Waals surface area contributed by atoms with Gasteiger partial charge in [-0.25, -0.2) is 5.43 Å². The first-order valence-electron chi connectivity index (χ1n) is 10.8. The Morgan fingerprint density at radius 1 is 1.06 bits per heavy atom. The van der Waals surface area contributed by atoms with E-state index in [1.807, 2.05) is 30.3 Å². The summed E-state index contributed by atoms with van der Waals surface area (Å²) in [5, 5.41) is 18.2. The molecule has 0 unspecified atom stereocenters. The second-order valence-corrected chi connectivity index (χ2v) is 8.52. The molecule has 0 aliphatic heterocycles. The minimum atomic E-state index is -0.978. The summed E-state index contributed by atoms with van der Waals surface area (Å²) in [6, 6.07) is 18.6. The third-order valence-corrected chi connectivity index (χ3v) is 5.48. The molecule has 2 N–H and O–H groups in total. The van der Waals surface area contributed by atoms with Crippen LogP contribution in [0.5, 0.6) is 5.75 Å². The van der Waals surface area contributed by atoms with Crippen molar-refractivity contribution in [3.05, 3.63) is 104 Å². The van der Waals surface area contributed by atoms with Gasteiger partial charge >= 0.3 is 0 Å². The van der Waals surface area contributed by atoms with Gasteiger partial charge in [-0.1, -0.05) is 65.7 Å². The lowest BCUT2D eigenvalue weighted by molar-refractivity contribution is -0.384.